The van der Waals surface area contributed by atoms with E-state index < -0.39 is 6.10 Å². The summed E-state index contributed by atoms with van der Waals surface area (Å²) in [6, 6.07) is 1.69. The summed E-state index contributed by atoms with van der Waals surface area (Å²) in [4.78, 5) is 14.4. The average Bonchev–Trinajstić information content (AvgIpc) is 2.64. The molecule has 2 unspecified atom stereocenters. The van der Waals surface area contributed by atoms with Gasteiger partial charge in [0.05, 0.1) is 17.9 Å². The second kappa shape index (κ2) is 6.44. The minimum absolute atomic E-state index is 0.0842. The number of aliphatic hydroxyl groups is 1. The molecule has 2 atom stereocenters. The van der Waals surface area contributed by atoms with Crippen LogP contribution in [0.4, 0.5) is 0 Å². The van der Waals surface area contributed by atoms with Crippen molar-refractivity contribution in [2.24, 2.45) is 0 Å². The molecule has 5 heteroatoms. The number of carbonyl (C=O) groups is 1. The molecule has 4 nitrogen and oxygen atoms in total. The Hall–Kier alpha value is -1.00. The smallest absolute Gasteiger partial charge is 0.258 e. The van der Waals surface area contributed by atoms with Crippen LogP contribution in [0, 0.1) is 0 Å². The summed E-state index contributed by atoms with van der Waals surface area (Å²) in [6.45, 7) is 2.48. The summed E-state index contributed by atoms with van der Waals surface area (Å²) >= 11 is 5.88. The van der Waals surface area contributed by atoms with Crippen LogP contribution in [0.3, 0.4) is 0 Å². The number of furan rings is 1. The van der Waals surface area contributed by atoms with Gasteiger partial charge in [0.25, 0.3) is 5.91 Å². The minimum Gasteiger partial charge on any atom is -0.452 e. The first-order valence-electron chi connectivity index (χ1n) is 6.81. The van der Waals surface area contributed by atoms with Crippen LogP contribution in [0.25, 0.3) is 0 Å². The summed E-state index contributed by atoms with van der Waals surface area (Å²) in [6.07, 6.45) is 5.79. The highest BCUT2D eigenvalue weighted by Crippen LogP contribution is 2.25. The fraction of sp³-hybridized carbons (Fsp3) is 0.643. The Balaban J connectivity index is 2.17. The van der Waals surface area contributed by atoms with Crippen molar-refractivity contribution in [3.63, 3.8) is 0 Å². The molecular formula is C14H20ClNO3. The lowest BCUT2D eigenvalue weighted by molar-refractivity contribution is 0.0607. The molecule has 1 N–H and O–H groups in total. The van der Waals surface area contributed by atoms with Crippen LogP contribution in [0.1, 0.15) is 49.4 Å². The van der Waals surface area contributed by atoms with Crippen molar-refractivity contribution in [1.82, 2.24) is 4.90 Å². The second-order valence-electron chi connectivity index (χ2n) is 5.19. The molecular weight excluding hydrogens is 266 g/mol. The first-order valence-corrected chi connectivity index (χ1v) is 7.19. The first kappa shape index (κ1) is 14.4. The predicted molar refractivity (Wildman–Crippen MR) is 73.3 cm³/mol. The van der Waals surface area contributed by atoms with Gasteiger partial charge in [-0.25, -0.2) is 0 Å². The average molecular weight is 286 g/mol. The largest absolute Gasteiger partial charge is 0.452 e. The molecule has 0 aliphatic carbocycles. The van der Waals surface area contributed by atoms with E-state index in [1.807, 2.05) is 4.90 Å². The number of hydrogen-bond acceptors (Lipinski definition) is 3. The van der Waals surface area contributed by atoms with Gasteiger partial charge >= 0.3 is 0 Å². The molecule has 1 aliphatic rings. The van der Waals surface area contributed by atoms with Crippen LogP contribution >= 0.6 is 11.6 Å². The monoisotopic (exact) mass is 285 g/mol. The maximum absolute atomic E-state index is 12.5. The highest BCUT2D eigenvalue weighted by atomic mass is 35.5. The van der Waals surface area contributed by atoms with Gasteiger partial charge in [-0.2, -0.15) is 0 Å². The van der Waals surface area contributed by atoms with Gasteiger partial charge in [0.15, 0.2) is 0 Å². The normalized spacial score (nSPS) is 22.1. The number of rotatable bonds is 3. The summed E-state index contributed by atoms with van der Waals surface area (Å²) in [7, 11) is 0. The Labute approximate surface area is 118 Å². The quantitative estimate of drug-likeness (QED) is 0.928. The molecule has 0 saturated carbocycles. The summed E-state index contributed by atoms with van der Waals surface area (Å²) in [5.41, 5.74) is 0.416. The van der Waals surface area contributed by atoms with Crippen molar-refractivity contribution in [1.29, 1.82) is 0 Å². The summed E-state index contributed by atoms with van der Waals surface area (Å²) in [5, 5.41) is 9.74. The fourth-order valence-electron chi connectivity index (χ4n) is 2.68. The standard InChI is InChI=1S/C14H20ClNO3/c1-10(17)9-11-5-3-2-4-7-16(11)14(18)12-6-8-19-13(12)15/h6,8,10-11,17H,2-5,7,9H2,1H3. The molecule has 1 saturated heterocycles. The molecule has 19 heavy (non-hydrogen) atoms. The zero-order valence-corrected chi connectivity index (χ0v) is 11.9. The van der Waals surface area contributed by atoms with Gasteiger partial charge in [0, 0.05) is 12.6 Å². The van der Waals surface area contributed by atoms with E-state index in [4.69, 9.17) is 16.0 Å². The van der Waals surface area contributed by atoms with E-state index in [0.29, 0.717) is 12.0 Å². The molecule has 1 amide bonds. The Morgan fingerprint density at radius 1 is 1.58 bits per heavy atom. The number of nitrogens with zero attached hydrogens (tertiary/aromatic N) is 1. The van der Waals surface area contributed by atoms with Gasteiger partial charge in [-0.15, -0.1) is 0 Å². The highest BCUT2D eigenvalue weighted by Gasteiger charge is 2.29. The number of likely N-dealkylation sites (tertiary alicyclic amines) is 1. The van der Waals surface area contributed by atoms with Crippen LogP contribution < -0.4 is 0 Å². The van der Waals surface area contributed by atoms with E-state index in [1.165, 1.54) is 6.26 Å². The van der Waals surface area contributed by atoms with E-state index in [9.17, 15) is 9.90 Å². The first-order chi connectivity index (χ1) is 9.09. The van der Waals surface area contributed by atoms with Crippen molar-refractivity contribution < 1.29 is 14.3 Å². The predicted octanol–water partition coefficient (Wildman–Crippen LogP) is 3.09. The van der Waals surface area contributed by atoms with Gasteiger partial charge in [0.2, 0.25) is 5.22 Å². The van der Waals surface area contributed by atoms with Gasteiger partial charge in [0.1, 0.15) is 0 Å². The van der Waals surface area contributed by atoms with E-state index in [0.717, 1.165) is 32.2 Å². The van der Waals surface area contributed by atoms with Crippen LogP contribution in [0.15, 0.2) is 16.7 Å². The SMILES string of the molecule is CC(O)CC1CCCCCN1C(=O)c1ccoc1Cl. The molecule has 1 fully saturated rings. The molecule has 2 heterocycles. The number of hydrogen-bond donors (Lipinski definition) is 1. The number of halogens is 1. The second-order valence-corrected chi connectivity index (χ2v) is 5.54. The Kier molecular flexibility index (Phi) is 4.88. The summed E-state index contributed by atoms with van der Waals surface area (Å²) in [5.74, 6) is -0.0914. The van der Waals surface area contributed by atoms with Crippen LogP contribution in [0.5, 0.6) is 0 Å². The topological polar surface area (TPSA) is 53.7 Å². The third-order valence-corrected chi connectivity index (χ3v) is 3.89. The Morgan fingerprint density at radius 3 is 3.00 bits per heavy atom. The minimum atomic E-state index is -0.404. The fourth-order valence-corrected chi connectivity index (χ4v) is 2.88. The Morgan fingerprint density at radius 2 is 2.37 bits per heavy atom. The van der Waals surface area contributed by atoms with Crippen molar-refractivity contribution in [2.45, 2.75) is 51.2 Å². The molecule has 0 bridgehead atoms. The molecule has 2 rings (SSSR count). The maximum Gasteiger partial charge on any atom is 0.258 e. The third kappa shape index (κ3) is 3.51. The lowest BCUT2D eigenvalue weighted by atomic mass is 10.0. The van der Waals surface area contributed by atoms with E-state index in [1.54, 1.807) is 13.0 Å². The zero-order chi connectivity index (χ0) is 13.8. The molecule has 1 aliphatic heterocycles. The van der Waals surface area contributed by atoms with Crippen LogP contribution in [-0.2, 0) is 0 Å². The number of aliphatic hydroxyl groups excluding tert-OH is 1. The third-order valence-electron chi connectivity index (χ3n) is 3.60. The van der Waals surface area contributed by atoms with Crippen molar-refractivity contribution >= 4 is 17.5 Å². The molecule has 1 aromatic heterocycles. The van der Waals surface area contributed by atoms with Crippen molar-refractivity contribution in [3.05, 3.63) is 23.1 Å². The maximum atomic E-state index is 12.5. The van der Waals surface area contributed by atoms with E-state index in [2.05, 4.69) is 0 Å². The van der Waals surface area contributed by atoms with Gasteiger partial charge in [-0.05, 0) is 43.9 Å². The Bertz CT molecular complexity index is 430. The van der Waals surface area contributed by atoms with E-state index >= 15 is 0 Å². The number of carbonyl (C=O) groups excluding carboxylic acids is 1. The summed E-state index contributed by atoms with van der Waals surface area (Å²) < 4.78 is 4.99. The van der Waals surface area contributed by atoms with Crippen molar-refractivity contribution in [3.8, 4) is 0 Å². The zero-order valence-electron chi connectivity index (χ0n) is 11.1. The molecule has 0 spiro atoms. The van der Waals surface area contributed by atoms with Crippen LogP contribution in [-0.4, -0.2) is 34.6 Å². The van der Waals surface area contributed by atoms with Gasteiger partial charge in [-0.1, -0.05) is 12.8 Å². The molecule has 1 aromatic rings. The molecule has 106 valence electrons. The van der Waals surface area contributed by atoms with E-state index in [-0.39, 0.29) is 17.2 Å². The van der Waals surface area contributed by atoms with Gasteiger partial charge < -0.3 is 14.4 Å². The molecule has 0 radical (unpaired) electrons. The lowest BCUT2D eigenvalue weighted by Crippen LogP contribution is -2.41. The lowest BCUT2D eigenvalue weighted by Gasteiger charge is -2.30. The molecule has 0 aromatic carbocycles. The van der Waals surface area contributed by atoms with Gasteiger partial charge in [-0.3, -0.25) is 4.79 Å². The highest BCUT2D eigenvalue weighted by molar-refractivity contribution is 6.32. The number of amides is 1. The van der Waals surface area contributed by atoms with Crippen LogP contribution in [0.2, 0.25) is 5.22 Å². The van der Waals surface area contributed by atoms with Crippen molar-refractivity contribution in [2.75, 3.05) is 6.54 Å².